The lowest BCUT2D eigenvalue weighted by atomic mass is 9.96. The predicted octanol–water partition coefficient (Wildman–Crippen LogP) is 1.68. The van der Waals surface area contributed by atoms with Gasteiger partial charge in [-0.2, -0.15) is 5.10 Å². The topological polar surface area (TPSA) is 53.3 Å². The third-order valence-corrected chi connectivity index (χ3v) is 4.33. The molecule has 5 heteroatoms. The van der Waals surface area contributed by atoms with E-state index in [2.05, 4.69) is 43.0 Å². The molecule has 1 aliphatic heterocycles. The normalized spacial score (nSPS) is 23.1. The van der Waals surface area contributed by atoms with Gasteiger partial charge in [-0.05, 0) is 31.7 Å². The van der Waals surface area contributed by atoms with Crippen molar-refractivity contribution in [3.8, 4) is 0 Å². The molecule has 2 unspecified atom stereocenters. The van der Waals surface area contributed by atoms with Crippen LogP contribution >= 0.6 is 0 Å². The zero-order valence-corrected chi connectivity index (χ0v) is 14.1. The van der Waals surface area contributed by atoms with E-state index in [1.165, 1.54) is 11.4 Å². The Bertz CT molecular complexity index is 469. The smallest absolute Gasteiger partial charge is 0.131 e. The summed E-state index contributed by atoms with van der Waals surface area (Å²) in [5.41, 5.74) is 2.39. The molecule has 1 aromatic heterocycles. The van der Waals surface area contributed by atoms with E-state index in [0.717, 1.165) is 38.3 Å². The Kier molecular flexibility index (Phi) is 5.27. The number of aliphatic hydroxyl groups excluding tert-OH is 1. The summed E-state index contributed by atoms with van der Waals surface area (Å²) in [5.74, 6) is 2.17. The zero-order valence-electron chi connectivity index (χ0n) is 14.1. The number of aliphatic hydroxyl groups is 1. The molecule has 21 heavy (non-hydrogen) atoms. The third kappa shape index (κ3) is 3.77. The standard InChI is InChI=1S/C16H30N4O/c1-11(2)8-17-9-14-13(4)18-19(5)16(14)20-7-6-15(21)12(3)10-20/h11-12,15,17,21H,6-10H2,1-5H3. The molecule has 0 aliphatic carbocycles. The first-order valence-corrected chi connectivity index (χ1v) is 8.06. The van der Waals surface area contributed by atoms with Crippen LogP contribution in [0.15, 0.2) is 0 Å². The molecule has 1 fully saturated rings. The van der Waals surface area contributed by atoms with E-state index in [9.17, 15) is 5.11 Å². The van der Waals surface area contributed by atoms with Crippen LogP contribution in [0.1, 0.15) is 38.4 Å². The lowest BCUT2D eigenvalue weighted by Crippen LogP contribution is -2.43. The van der Waals surface area contributed by atoms with Crippen molar-refractivity contribution in [1.29, 1.82) is 0 Å². The Morgan fingerprint density at radius 1 is 1.43 bits per heavy atom. The number of aromatic nitrogens is 2. The third-order valence-electron chi connectivity index (χ3n) is 4.33. The van der Waals surface area contributed by atoms with E-state index in [1.807, 2.05) is 11.7 Å². The fourth-order valence-electron chi connectivity index (χ4n) is 3.10. The molecule has 1 aliphatic rings. The predicted molar refractivity (Wildman–Crippen MR) is 86.5 cm³/mol. The van der Waals surface area contributed by atoms with Gasteiger partial charge in [0, 0.05) is 32.2 Å². The second kappa shape index (κ2) is 6.79. The first-order chi connectivity index (χ1) is 9.90. The van der Waals surface area contributed by atoms with Crippen molar-refractivity contribution < 1.29 is 5.11 Å². The van der Waals surface area contributed by atoms with Gasteiger partial charge in [-0.3, -0.25) is 4.68 Å². The summed E-state index contributed by atoms with van der Waals surface area (Å²) in [4.78, 5) is 2.38. The quantitative estimate of drug-likeness (QED) is 0.867. The van der Waals surface area contributed by atoms with E-state index < -0.39 is 0 Å². The summed E-state index contributed by atoms with van der Waals surface area (Å²) in [5, 5.41) is 18.1. The molecule has 2 atom stereocenters. The summed E-state index contributed by atoms with van der Waals surface area (Å²) in [7, 11) is 2.02. The van der Waals surface area contributed by atoms with Crippen molar-refractivity contribution in [3.05, 3.63) is 11.3 Å². The number of piperidine rings is 1. The van der Waals surface area contributed by atoms with Crippen molar-refractivity contribution >= 4 is 5.82 Å². The van der Waals surface area contributed by atoms with Crippen LogP contribution in [0.25, 0.3) is 0 Å². The Balaban J connectivity index is 2.14. The van der Waals surface area contributed by atoms with E-state index in [0.29, 0.717) is 11.8 Å². The van der Waals surface area contributed by atoms with Gasteiger partial charge in [-0.15, -0.1) is 0 Å². The molecule has 5 nitrogen and oxygen atoms in total. The fraction of sp³-hybridized carbons (Fsp3) is 0.812. The minimum atomic E-state index is -0.168. The van der Waals surface area contributed by atoms with E-state index in [-0.39, 0.29) is 6.10 Å². The van der Waals surface area contributed by atoms with Crippen molar-refractivity contribution in [3.63, 3.8) is 0 Å². The zero-order chi connectivity index (χ0) is 15.6. The van der Waals surface area contributed by atoms with Crippen LogP contribution < -0.4 is 10.2 Å². The van der Waals surface area contributed by atoms with Crippen LogP contribution in [0.4, 0.5) is 5.82 Å². The summed E-state index contributed by atoms with van der Waals surface area (Å²) < 4.78 is 1.99. The van der Waals surface area contributed by atoms with Crippen LogP contribution in [-0.4, -0.2) is 40.6 Å². The highest BCUT2D eigenvalue weighted by molar-refractivity contribution is 5.50. The van der Waals surface area contributed by atoms with Crippen LogP contribution in [0.5, 0.6) is 0 Å². The summed E-state index contributed by atoms with van der Waals surface area (Å²) in [6.45, 7) is 12.3. The monoisotopic (exact) mass is 294 g/mol. The maximum atomic E-state index is 9.93. The van der Waals surface area contributed by atoms with Crippen molar-refractivity contribution in [2.45, 2.75) is 46.8 Å². The van der Waals surface area contributed by atoms with E-state index in [4.69, 9.17) is 0 Å². The SMILES string of the molecule is Cc1nn(C)c(N2CCC(O)C(C)C2)c1CNCC(C)C. The van der Waals surface area contributed by atoms with Crippen molar-refractivity contribution in [1.82, 2.24) is 15.1 Å². The molecule has 0 amide bonds. The first kappa shape index (κ1) is 16.3. The second-order valence-corrected chi connectivity index (χ2v) is 6.82. The van der Waals surface area contributed by atoms with Gasteiger partial charge >= 0.3 is 0 Å². The molecule has 0 radical (unpaired) electrons. The number of rotatable bonds is 5. The molecule has 0 spiro atoms. The summed E-state index contributed by atoms with van der Waals surface area (Å²) in [6.07, 6.45) is 0.669. The number of nitrogens with zero attached hydrogens (tertiary/aromatic N) is 3. The van der Waals surface area contributed by atoms with Gasteiger partial charge in [0.1, 0.15) is 5.82 Å². The second-order valence-electron chi connectivity index (χ2n) is 6.82. The first-order valence-electron chi connectivity index (χ1n) is 8.06. The molecule has 120 valence electrons. The molecule has 1 aromatic rings. The number of aryl methyl sites for hydroxylation is 2. The number of hydrogen-bond acceptors (Lipinski definition) is 4. The lowest BCUT2D eigenvalue weighted by Gasteiger charge is -2.36. The van der Waals surface area contributed by atoms with Gasteiger partial charge in [0.2, 0.25) is 0 Å². The van der Waals surface area contributed by atoms with Crippen LogP contribution in [-0.2, 0) is 13.6 Å². The highest BCUT2D eigenvalue weighted by Gasteiger charge is 2.28. The van der Waals surface area contributed by atoms with Crippen LogP contribution in [0.3, 0.4) is 0 Å². The Hall–Kier alpha value is -1.07. The highest BCUT2D eigenvalue weighted by atomic mass is 16.3. The summed E-state index contributed by atoms with van der Waals surface area (Å²) >= 11 is 0. The Morgan fingerprint density at radius 2 is 2.14 bits per heavy atom. The van der Waals surface area contributed by atoms with Gasteiger partial charge in [-0.1, -0.05) is 20.8 Å². The van der Waals surface area contributed by atoms with E-state index in [1.54, 1.807) is 0 Å². The Morgan fingerprint density at radius 3 is 2.76 bits per heavy atom. The van der Waals surface area contributed by atoms with Crippen molar-refractivity contribution in [2.75, 3.05) is 24.5 Å². The molecule has 2 rings (SSSR count). The largest absolute Gasteiger partial charge is 0.393 e. The molecular formula is C16H30N4O. The maximum Gasteiger partial charge on any atom is 0.131 e. The molecule has 0 saturated carbocycles. The van der Waals surface area contributed by atoms with Gasteiger partial charge in [0.25, 0.3) is 0 Å². The minimum absolute atomic E-state index is 0.168. The Labute approximate surface area is 128 Å². The average Bonchev–Trinajstić information content (AvgIpc) is 2.67. The lowest BCUT2D eigenvalue weighted by molar-refractivity contribution is 0.0966. The average molecular weight is 294 g/mol. The molecular weight excluding hydrogens is 264 g/mol. The molecule has 2 N–H and O–H groups in total. The van der Waals surface area contributed by atoms with Crippen molar-refractivity contribution in [2.24, 2.45) is 18.9 Å². The van der Waals surface area contributed by atoms with Crippen LogP contribution in [0, 0.1) is 18.8 Å². The van der Waals surface area contributed by atoms with E-state index >= 15 is 0 Å². The summed E-state index contributed by atoms with van der Waals surface area (Å²) in [6, 6.07) is 0. The number of hydrogen-bond donors (Lipinski definition) is 2. The molecule has 1 saturated heterocycles. The number of anilines is 1. The minimum Gasteiger partial charge on any atom is -0.393 e. The number of nitrogens with one attached hydrogen (secondary N) is 1. The molecule has 2 heterocycles. The fourth-order valence-corrected chi connectivity index (χ4v) is 3.10. The van der Waals surface area contributed by atoms with Gasteiger partial charge in [-0.25, -0.2) is 0 Å². The van der Waals surface area contributed by atoms with Gasteiger partial charge in [0.05, 0.1) is 11.8 Å². The maximum absolute atomic E-state index is 9.93. The highest BCUT2D eigenvalue weighted by Crippen LogP contribution is 2.28. The molecule has 0 bridgehead atoms. The van der Waals surface area contributed by atoms with Gasteiger partial charge in [0.15, 0.2) is 0 Å². The van der Waals surface area contributed by atoms with Crippen LogP contribution in [0.2, 0.25) is 0 Å². The van der Waals surface area contributed by atoms with Gasteiger partial charge < -0.3 is 15.3 Å². The molecule has 0 aromatic carbocycles.